The van der Waals surface area contributed by atoms with Crippen LogP contribution < -0.4 is 0 Å². The van der Waals surface area contributed by atoms with E-state index < -0.39 is 0 Å². The summed E-state index contributed by atoms with van der Waals surface area (Å²) in [5, 5.41) is 5.09. The number of halogens is 1. The molecule has 0 aliphatic rings. The number of para-hydroxylation sites is 1. The van der Waals surface area contributed by atoms with Crippen molar-refractivity contribution in [2.45, 2.75) is 13.3 Å². The molecule has 0 aliphatic carbocycles. The maximum atomic E-state index is 6.13. The molecular formula is C13H13ClN4. The van der Waals surface area contributed by atoms with E-state index in [2.05, 4.69) is 22.0 Å². The van der Waals surface area contributed by atoms with Gasteiger partial charge in [0.25, 0.3) is 0 Å². The number of nitrogens with one attached hydrogen (secondary N) is 1. The summed E-state index contributed by atoms with van der Waals surface area (Å²) in [4.78, 5) is 7.86. The number of imidazole rings is 1. The zero-order valence-electron chi connectivity index (χ0n) is 10.2. The van der Waals surface area contributed by atoms with Crippen LogP contribution >= 0.6 is 11.6 Å². The molecule has 4 nitrogen and oxygen atoms in total. The summed E-state index contributed by atoms with van der Waals surface area (Å²) in [5.41, 5.74) is 3.82. The number of rotatable bonds is 2. The minimum absolute atomic E-state index is 0.664. The van der Waals surface area contributed by atoms with Gasteiger partial charge in [-0.05, 0) is 18.6 Å². The number of H-pyrrole nitrogens is 1. The molecule has 0 radical (unpaired) electrons. The van der Waals surface area contributed by atoms with Crippen LogP contribution in [-0.4, -0.2) is 19.7 Å². The lowest BCUT2D eigenvalue weighted by Crippen LogP contribution is -1.89. The fourth-order valence-electron chi connectivity index (χ4n) is 2.12. The quantitative estimate of drug-likeness (QED) is 0.769. The molecule has 3 aromatic rings. The zero-order chi connectivity index (χ0) is 12.7. The van der Waals surface area contributed by atoms with Gasteiger partial charge in [0.2, 0.25) is 0 Å². The van der Waals surface area contributed by atoms with Crippen molar-refractivity contribution in [2.75, 3.05) is 0 Å². The highest BCUT2D eigenvalue weighted by Gasteiger charge is 2.13. The number of aromatic amines is 1. The number of hydrogen-bond donors (Lipinski definition) is 1. The molecule has 0 saturated heterocycles. The van der Waals surface area contributed by atoms with Crippen molar-refractivity contribution in [1.82, 2.24) is 19.7 Å². The SMILES string of the molecule is CCc1nn(C)cc1-c1nc2c(Cl)cccc2[nH]1. The third kappa shape index (κ3) is 1.69. The van der Waals surface area contributed by atoms with Gasteiger partial charge in [-0.2, -0.15) is 5.10 Å². The lowest BCUT2D eigenvalue weighted by molar-refractivity contribution is 0.746. The fraction of sp³-hybridized carbons (Fsp3) is 0.231. The molecule has 0 saturated carbocycles. The van der Waals surface area contributed by atoms with Crippen LogP contribution in [-0.2, 0) is 13.5 Å². The number of fused-ring (bicyclic) bond motifs is 1. The summed E-state index contributed by atoms with van der Waals surface area (Å²) in [6, 6.07) is 5.73. The molecule has 0 spiro atoms. The summed E-state index contributed by atoms with van der Waals surface area (Å²) in [6.45, 7) is 2.08. The van der Waals surface area contributed by atoms with E-state index in [0.29, 0.717) is 5.02 Å². The highest BCUT2D eigenvalue weighted by molar-refractivity contribution is 6.34. The Hall–Kier alpha value is -1.81. The van der Waals surface area contributed by atoms with Crippen molar-refractivity contribution in [2.24, 2.45) is 7.05 Å². The Morgan fingerprint density at radius 2 is 2.22 bits per heavy atom. The molecule has 1 aromatic carbocycles. The Morgan fingerprint density at radius 3 is 2.94 bits per heavy atom. The summed E-state index contributed by atoms with van der Waals surface area (Å²) in [6.07, 6.45) is 2.85. The molecule has 18 heavy (non-hydrogen) atoms. The van der Waals surface area contributed by atoms with E-state index in [4.69, 9.17) is 11.6 Å². The molecule has 5 heteroatoms. The maximum Gasteiger partial charge on any atom is 0.142 e. The summed E-state index contributed by atoms with van der Waals surface area (Å²) in [7, 11) is 1.91. The van der Waals surface area contributed by atoms with Gasteiger partial charge in [-0.3, -0.25) is 4.68 Å². The average Bonchev–Trinajstić information content (AvgIpc) is 2.92. The van der Waals surface area contributed by atoms with Crippen molar-refractivity contribution < 1.29 is 0 Å². The molecule has 0 unspecified atom stereocenters. The lowest BCUT2D eigenvalue weighted by atomic mass is 10.2. The molecule has 0 fully saturated rings. The molecule has 1 N–H and O–H groups in total. The molecule has 0 bridgehead atoms. The number of aryl methyl sites for hydroxylation is 2. The first-order valence-electron chi connectivity index (χ1n) is 5.86. The average molecular weight is 261 g/mol. The first-order valence-corrected chi connectivity index (χ1v) is 6.24. The number of hydrogen-bond acceptors (Lipinski definition) is 2. The third-order valence-electron chi connectivity index (χ3n) is 2.96. The standard InChI is InChI=1S/C13H13ClN4/c1-3-10-8(7-18(2)17-10)13-15-11-6-4-5-9(14)12(11)16-13/h4-7H,3H2,1-2H3,(H,15,16). The van der Waals surface area contributed by atoms with E-state index in [1.807, 2.05) is 36.1 Å². The van der Waals surface area contributed by atoms with Crippen LogP contribution in [0.1, 0.15) is 12.6 Å². The fourth-order valence-corrected chi connectivity index (χ4v) is 2.33. The smallest absolute Gasteiger partial charge is 0.142 e. The van der Waals surface area contributed by atoms with Gasteiger partial charge in [0.05, 0.1) is 21.8 Å². The molecule has 2 aromatic heterocycles. The molecule has 2 heterocycles. The molecule has 3 rings (SSSR count). The summed E-state index contributed by atoms with van der Waals surface area (Å²) < 4.78 is 1.81. The largest absolute Gasteiger partial charge is 0.338 e. The molecular weight excluding hydrogens is 248 g/mol. The minimum Gasteiger partial charge on any atom is -0.338 e. The van der Waals surface area contributed by atoms with Crippen LogP contribution in [0.3, 0.4) is 0 Å². The minimum atomic E-state index is 0.664. The topological polar surface area (TPSA) is 46.5 Å². The molecule has 0 amide bonds. The second-order valence-electron chi connectivity index (χ2n) is 4.24. The van der Waals surface area contributed by atoms with E-state index in [9.17, 15) is 0 Å². The van der Waals surface area contributed by atoms with E-state index in [1.165, 1.54) is 0 Å². The lowest BCUT2D eigenvalue weighted by Gasteiger charge is -1.93. The van der Waals surface area contributed by atoms with Gasteiger partial charge in [0, 0.05) is 13.2 Å². The Kier molecular flexibility index (Phi) is 2.59. The zero-order valence-corrected chi connectivity index (χ0v) is 11.0. The van der Waals surface area contributed by atoms with E-state index in [-0.39, 0.29) is 0 Å². The van der Waals surface area contributed by atoms with Crippen LogP contribution in [0.5, 0.6) is 0 Å². The van der Waals surface area contributed by atoms with E-state index in [0.717, 1.165) is 34.5 Å². The van der Waals surface area contributed by atoms with Crippen LogP contribution in [0.25, 0.3) is 22.4 Å². The predicted octanol–water partition coefficient (Wildman–Crippen LogP) is 3.18. The number of nitrogens with zero attached hydrogens (tertiary/aromatic N) is 3. The highest BCUT2D eigenvalue weighted by Crippen LogP contribution is 2.27. The Morgan fingerprint density at radius 1 is 1.39 bits per heavy atom. The second-order valence-corrected chi connectivity index (χ2v) is 4.65. The van der Waals surface area contributed by atoms with Crippen molar-refractivity contribution in [3.63, 3.8) is 0 Å². The van der Waals surface area contributed by atoms with Crippen LogP contribution in [0, 0.1) is 0 Å². The highest BCUT2D eigenvalue weighted by atomic mass is 35.5. The predicted molar refractivity (Wildman–Crippen MR) is 72.7 cm³/mol. The van der Waals surface area contributed by atoms with Gasteiger partial charge in [-0.1, -0.05) is 24.6 Å². The summed E-state index contributed by atoms with van der Waals surface area (Å²) >= 11 is 6.13. The van der Waals surface area contributed by atoms with Crippen molar-refractivity contribution in [3.8, 4) is 11.4 Å². The van der Waals surface area contributed by atoms with Gasteiger partial charge >= 0.3 is 0 Å². The Labute approximate surface area is 110 Å². The Balaban J connectivity index is 2.22. The van der Waals surface area contributed by atoms with E-state index in [1.54, 1.807) is 0 Å². The van der Waals surface area contributed by atoms with Gasteiger partial charge in [-0.25, -0.2) is 4.98 Å². The molecule has 92 valence electrons. The normalized spacial score (nSPS) is 11.3. The first-order chi connectivity index (χ1) is 8.69. The van der Waals surface area contributed by atoms with E-state index >= 15 is 0 Å². The van der Waals surface area contributed by atoms with Crippen LogP contribution in [0.15, 0.2) is 24.4 Å². The van der Waals surface area contributed by atoms with Crippen molar-refractivity contribution >= 4 is 22.6 Å². The maximum absolute atomic E-state index is 6.13. The Bertz CT molecular complexity index is 711. The monoisotopic (exact) mass is 260 g/mol. The number of aromatic nitrogens is 4. The van der Waals surface area contributed by atoms with Gasteiger partial charge in [0.1, 0.15) is 11.3 Å². The molecule has 0 atom stereocenters. The number of benzene rings is 1. The summed E-state index contributed by atoms with van der Waals surface area (Å²) in [5.74, 6) is 0.822. The first kappa shape index (κ1) is 11.3. The van der Waals surface area contributed by atoms with Crippen molar-refractivity contribution in [3.05, 3.63) is 35.1 Å². The van der Waals surface area contributed by atoms with Gasteiger partial charge < -0.3 is 4.98 Å². The van der Waals surface area contributed by atoms with Gasteiger partial charge in [-0.15, -0.1) is 0 Å². The second kappa shape index (κ2) is 4.14. The van der Waals surface area contributed by atoms with Crippen molar-refractivity contribution in [1.29, 1.82) is 0 Å². The molecule has 0 aliphatic heterocycles. The van der Waals surface area contributed by atoms with Crippen LogP contribution in [0.2, 0.25) is 5.02 Å². The van der Waals surface area contributed by atoms with Crippen LogP contribution in [0.4, 0.5) is 0 Å². The third-order valence-corrected chi connectivity index (χ3v) is 3.26. The van der Waals surface area contributed by atoms with Gasteiger partial charge in [0.15, 0.2) is 0 Å².